The predicted octanol–water partition coefficient (Wildman–Crippen LogP) is 4.30. The van der Waals surface area contributed by atoms with E-state index in [1.807, 2.05) is 12.1 Å². The summed E-state index contributed by atoms with van der Waals surface area (Å²) in [6.45, 7) is 1.83. The van der Waals surface area contributed by atoms with Gasteiger partial charge < -0.3 is 20.7 Å². The fourth-order valence-electron chi connectivity index (χ4n) is 3.79. The number of ether oxygens (including phenoxy) is 2. The molecule has 5 rings (SSSR count). The topological polar surface area (TPSA) is 96.9 Å². The van der Waals surface area contributed by atoms with Crippen molar-refractivity contribution in [2.45, 2.75) is 18.9 Å². The molecule has 2 aliphatic heterocycles. The number of anilines is 2. The first kappa shape index (κ1) is 23.5. The Labute approximate surface area is 202 Å². The molecule has 0 bridgehead atoms. The van der Waals surface area contributed by atoms with Crippen molar-refractivity contribution < 1.29 is 31.8 Å². The summed E-state index contributed by atoms with van der Waals surface area (Å²) in [5.74, 6) is -0.608. The van der Waals surface area contributed by atoms with Crippen molar-refractivity contribution in [3.63, 3.8) is 0 Å². The molecule has 0 aliphatic carbocycles. The van der Waals surface area contributed by atoms with E-state index in [0.717, 1.165) is 30.1 Å². The highest BCUT2D eigenvalue weighted by Gasteiger charge is 2.54. The number of para-hydroxylation sites is 1. The van der Waals surface area contributed by atoms with Gasteiger partial charge in [-0.1, -0.05) is 12.1 Å². The average molecular weight is 501 g/mol. The van der Waals surface area contributed by atoms with Gasteiger partial charge in [0.05, 0.1) is 17.7 Å². The average Bonchev–Trinajstić information content (AvgIpc) is 3.38. The third kappa shape index (κ3) is 4.93. The minimum absolute atomic E-state index is 0.0470. The van der Waals surface area contributed by atoms with Gasteiger partial charge in [0.15, 0.2) is 0 Å². The smallest absolute Gasteiger partial charge is 0.409 e. The van der Waals surface area contributed by atoms with E-state index in [0.29, 0.717) is 24.5 Å². The van der Waals surface area contributed by atoms with E-state index in [1.165, 1.54) is 6.07 Å². The molecule has 3 aromatic rings. The summed E-state index contributed by atoms with van der Waals surface area (Å²) < 4.78 is 62.2. The number of aliphatic imine (C=N–C) groups is 1. The van der Waals surface area contributed by atoms with Gasteiger partial charge in [-0.25, -0.2) is 4.74 Å². The van der Waals surface area contributed by atoms with Crippen LogP contribution in [0, 0.1) is 0 Å². The highest BCUT2D eigenvalue weighted by atomic mass is 19.3. The number of amidine groups is 1. The Morgan fingerprint density at radius 2 is 1.92 bits per heavy atom. The van der Waals surface area contributed by atoms with Crippen molar-refractivity contribution in [1.82, 2.24) is 10.3 Å². The Hall–Kier alpha value is -4.19. The Bertz CT molecular complexity index is 1350. The molecule has 0 unspecified atom stereocenters. The highest BCUT2D eigenvalue weighted by Crippen LogP contribution is 2.46. The molecular formula is C24H19F4N5O3. The SMILES string of the molecule is O=C(Nc1ccc2c(c1)C(F)(F)OC(F)(F)O2)c1ccccc1NCc1ccnc(C2=NCCN2)c1. The van der Waals surface area contributed by atoms with Crippen LogP contribution in [0.5, 0.6) is 5.75 Å². The molecule has 0 atom stereocenters. The highest BCUT2D eigenvalue weighted by molar-refractivity contribution is 6.08. The summed E-state index contributed by atoms with van der Waals surface area (Å²) in [5.41, 5.74) is 1.39. The van der Waals surface area contributed by atoms with E-state index < -0.39 is 29.6 Å². The van der Waals surface area contributed by atoms with E-state index in [9.17, 15) is 22.4 Å². The maximum Gasteiger partial charge on any atom is 0.540 e. The zero-order valence-electron chi connectivity index (χ0n) is 18.5. The van der Waals surface area contributed by atoms with E-state index in [1.54, 1.807) is 30.5 Å². The van der Waals surface area contributed by atoms with Crippen molar-refractivity contribution in [1.29, 1.82) is 0 Å². The summed E-state index contributed by atoms with van der Waals surface area (Å²) in [4.78, 5) is 21.6. The second-order valence-electron chi connectivity index (χ2n) is 7.95. The number of nitrogens with one attached hydrogen (secondary N) is 3. The molecule has 186 valence electrons. The van der Waals surface area contributed by atoms with E-state index in [4.69, 9.17) is 0 Å². The largest absolute Gasteiger partial charge is 0.540 e. The summed E-state index contributed by atoms with van der Waals surface area (Å²) >= 11 is 0. The molecule has 8 nitrogen and oxygen atoms in total. The Morgan fingerprint density at radius 1 is 1.08 bits per heavy atom. The van der Waals surface area contributed by atoms with Gasteiger partial charge in [0.2, 0.25) is 0 Å². The van der Waals surface area contributed by atoms with Gasteiger partial charge in [-0.05, 0) is 48.0 Å². The van der Waals surface area contributed by atoms with Crippen LogP contribution < -0.4 is 20.7 Å². The molecule has 1 amide bonds. The number of fused-ring (bicyclic) bond motifs is 1. The molecule has 12 heteroatoms. The number of hydrogen-bond acceptors (Lipinski definition) is 7. The number of rotatable bonds is 6. The van der Waals surface area contributed by atoms with E-state index >= 15 is 0 Å². The quantitative estimate of drug-likeness (QED) is 0.436. The van der Waals surface area contributed by atoms with Gasteiger partial charge in [0, 0.05) is 30.7 Å². The number of carbonyl (C=O) groups is 1. The van der Waals surface area contributed by atoms with Crippen molar-refractivity contribution in [3.05, 3.63) is 83.2 Å². The van der Waals surface area contributed by atoms with Gasteiger partial charge in [-0.2, -0.15) is 8.78 Å². The van der Waals surface area contributed by atoms with Gasteiger partial charge in [-0.15, -0.1) is 8.78 Å². The monoisotopic (exact) mass is 501 g/mol. The molecule has 3 N–H and O–H groups in total. The maximum absolute atomic E-state index is 14.1. The van der Waals surface area contributed by atoms with Gasteiger partial charge in [-0.3, -0.25) is 14.8 Å². The minimum Gasteiger partial charge on any atom is -0.409 e. The molecule has 0 spiro atoms. The van der Waals surface area contributed by atoms with Crippen molar-refractivity contribution in [3.8, 4) is 5.75 Å². The third-order valence-electron chi connectivity index (χ3n) is 5.42. The molecule has 1 aromatic heterocycles. The lowest BCUT2D eigenvalue weighted by Gasteiger charge is -2.30. The molecule has 0 fully saturated rings. The summed E-state index contributed by atoms with van der Waals surface area (Å²) in [6.07, 6.45) is -7.11. The van der Waals surface area contributed by atoms with Crippen molar-refractivity contribution in [2.24, 2.45) is 4.99 Å². The molecule has 2 aromatic carbocycles. The number of aromatic nitrogens is 1. The van der Waals surface area contributed by atoms with Crippen LogP contribution in [-0.2, 0) is 17.4 Å². The first-order valence-corrected chi connectivity index (χ1v) is 10.9. The number of carbonyl (C=O) groups excluding carboxylic acids is 1. The zero-order chi connectivity index (χ0) is 25.3. The number of halogens is 4. The number of benzene rings is 2. The molecule has 0 saturated heterocycles. The second-order valence-corrected chi connectivity index (χ2v) is 7.95. The fourth-order valence-corrected chi connectivity index (χ4v) is 3.79. The van der Waals surface area contributed by atoms with Crippen LogP contribution in [-0.4, -0.2) is 36.1 Å². The minimum atomic E-state index is -4.47. The van der Waals surface area contributed by atoms with Crippen LogP contribution >= 0.6 is 0 Å². The van der Waals surface area contributed by atoms with Crippen LogP contribution in [0.1, 0.15) is 27.2 Å². The maximum atomic E-state index is 14.1. The Balaban J connectivity index is 1.31. The molecular weight excluding hydrogens is 482 g/mol. The predicted molar refractivity (Wildman–Crippen MR) is 122 cm³/mol. The molecule has 2 aliphatic rings. The lowest BCUT2D eigenvalue weighted by atomic mass is 10.1. The lowest BCUT2D eigenvalue weighted by Crippen LogP contribution is -2.41. The van der Waals surface area contributed by atoms with Crippen LogP contribution in [0.2, 0.25) is 0 Å². The second kappa shape index (κ2) is 9.11. The molecule has 0 saturated carbocycles. The number of nitrogens with zero attached hydrogens (tertiary/aromatic N) is 2. The van der Waals surface area contributed by atoms with Gasteiger partial charge in [0.1, 0.15) is 17.3 Å². The number of hydrogen-bond donors (Lipinski definition) is 3. The van der Waals surface area contributed by atoms with Gasteiger partial charge >= 0.3 is 12.4 Å². The Morgan fingerprint density at radius 3 is 2.72 bits per heavy atom. The lowest BCUT2D eigenvalue weighted by molar-refractivity contribution is -0.461. The fraction of sp³-hybridized carbons (Fsp3) is 0.208. The third-order valence-corrected chi connectivity index (χ3v) is 5.42. The van der Waals surface area contributed by atoms with E-state index in [2.05, 4.69) is 35.4 Å². The van der Waals surface area contributed by atoms with Gasteiger partial charge in [0.25, 0.3) is 5.91 Å². The summed E-state index contributed by atoms with van der Waals surface area (Å²) in [5, 5.41) is 8.86. The first-order valence-electron chi connectivity index (χ1n) is 10.9. The zero-order valence-corrected chi connectivity index (χ0v) is 18.5. The van der Waals surface area contributed by atoms with Crippen LogP contribution in [0.4, 0.5) is 28.9 Å². The number of amides is 1. The van der Waals surface area contributed by atoms with Crippen molar-refractivity contribution >= 4 is 23.1 Å². The molecule has 0 radical (unpaired) electrons. The normalized spacial score (nSPS) is 17.3. The van der Waals surface area contributed by atoms with Crippen LogP contribution in [0.3, 0.4) is 0 Å². The number of alkyl halides is 4. The standard InChI is InChI=1S/C24H19F4N5O3/c25-23(26)17-12-15(5-6-20(17)35-24(27,28)36-23)33-22(34)16-3-1-2-4-18(16)32-13-14-7-8-29-19(11-14)21-30-9-10-31-21/h1-8,11-12,32H,9-10,13H2,(H,30,31)(H,33,34). The van der Waals surface area contributed by atoms with Crippen molar-refractivity contribution in [2.75, 3.05) is 23.7 Å². The van der Waals surface area contributed by atoms with Crippen LogP contribution in [0.25, 0.3) is 0 Å². The Kier molecular flexibility index (Phi) is 5.96. The van der Waals surface area contributed by atoms with E-state index in [-0.39, 0.29) is 11.3 Å². The first-order chi connectivity index (χ1) is 17.2. The number of pyridine rings is 1. The summed E-state index contributed by atoms with van der Waals surface area (Å²) in [6, 6.07) is 13.3. The molecule has 36 heavy (non-hydrogen) atoms. The van der Waals surface area contributed by atoms with Crippen LogP contribution in [0.15, 0.2) is 65.8 Å². The summed E-state index contributed by atoms with van der Waals surface area (Å²) in [7, 11) is 0. The molecule has 3 heterocycles.